The summed E-state index contributed by atoms with van der Waals surface area (Å²) in [5.74, 6) is 0.526. The molecule has 4 nitrogen and oxygen atoms in total. The summed E-state index contributed by atoms with van der Waals surface area (Å²) in [7, 11) is 1.60. The average molecular weight is 292 g/mol. The molecule has 0 radical (unpaired) electrons. The lowest BCUT2D eigenvalue weighted by Gasteiger charge is -2.11. The summed E-state index contributed by atoms with van der Waals surface area (Å²) in [4.78, 5) is 16.9. The van der Waals surface area contributed by atoms with Crippen LogP contribution in [-0.2, 0) is 0 Å². The molecule has 1 aromatic heterocycles. The highest BCUT2D eigenvalue weighted by atomic mass is 16.5. The topological polar surface area (TPSA) is 51.2 Å². The number of hydrogen-bond donors (Lipinski definition) is 1. The molecule has 1 N–H and O–H groups in total. The van der Waals surface area contributed by atoms with Crippen molar-refractivity contribution in [3.05, 3.63) is 65.9 Å². The van der Waals surface area contributed by atoms with Crippen LogP contribution in [0.25, 0.3) is 10.9 Å². The Kier molecular flexibility index (Phi) is 3.74. The zero-order valence-corrected chi connectivity index (χ0v) is 12.5. The number of pyridine rings is 1. The zero-order valence-electron chi connectivity index (χ0n) is 12.5. The van der Waals surface area contributed by atoms with Crippen molar-refractivity contribution < 1.29 is 9.53 Å². The van der Waals surface area contributed by atoms with Crippen molar-refractivity contribution in [1.82, 2.24) is 4.98 Å². The molecule has 1 heterocycles. The van der Waals surface area contributed by atoms with Gasteiger partial charge in [-0.2, -0.15) is 0 Å². The predicted octanol–water partition coefficient (Wildman–Crippen LogP) is 3.80. The summed E-state index contributed by atoms with van der Waals surface area (Å²) in [6.45, 7) is 1.87. The van der Waals surface area contributed by atoms with Crippen molar-refractivity contribution in [3.8, 4) is 5.75 Å². The fraction of sp³-hybridized carbons (Fsp3) is 0.111. The molecule has 0 atom stereocenters. The molecule has 4 heteroatoms. The normalized spacial score (nSPS) is 10.5. The van der Waals surface area contributed by atoms with Crippen molar-refractivity contribution >= 4 is 22.5 Å². The number of hydrogen-bond acceptors (Lipinski definition) is 3. The van der Waals surface area contributed by atoms with Gasteiger partial charge in [0.1, 0.15) is 5.75 Å². The van der Waals surface area contributed by atoms with Gasteiger partial charge in [0.25, 0.3) is 5.91 Å². The summed E-state index contributed by atoms with van der Waals surface area (Å²) < 4.78 is 5.26. The van der Waals surface area contributed by atoms with Crippen LogP contribution in [0.3, 0.4) is 0 Å². The second-order valence-corrected chi connectivity index (χ2v) is 4.97. The van der Waals surface area contributed by atoms with Crippen molar-refractivity contribution in [2.75, 3.05) is 12.4 Å². The summed E-state index contributed by atoms with van der Waals surface area (Å²) in [5, 5.41) is 3.92. The number of fused-ring (bicyclic) bond motifs is 1. The van der Waals surface area contributed by atoms with Crippen molar-refractivity contribution in [2.45, 2.75) is 6.92 Å². The van der Waals surface area contributed by atoms with Crippen LogP contribution in [0, 0.1) is 6.92 Å². The Morgan fingerprint density at radius 2 is 1.86 bits per heavy atom. The first-order chi connectivity index (χ1) is 10.7. The summed E-state index contributed by atoms with van der Waals surface area (Å²) >= 11 is 0. The standard InChI is InChI=1S/C18H16N2O2/c1-12-14(8-4-10-16(12)22-2)18(21)20-15-9-3-6-13-7-5-11-19-17(13)15/h3-11H,1-2H3,(H,20,21). The Balaban J connectivity index is 1.97. The molecule has 110 valence electrons. The molecular weight excluding hydrogens is 276 g/mol. The second kappa shape index (κ2) is 5.85. The molecule has 3 aromatic rings. The van der Waals surface area contributed by atoms with E-state index in [9.17, 15) is 4.79 Å². The van der Waals surface area contributed by atoms with E-state index < -0.39 is 0 Å². The van der Waals surface area contributed by atoms with Crippen LogP contribution >= 0.6 is 0 Å². The lowest BCUT2D eigenvalue weighted by molar-refractivity contribution is 0.102. The Bertz CT molecular complexity index is 838. The van der Waals surface area contributed by atoms with Crippen molar-refractivity contribution in [1.29, 1.82) is 0 Å². The van der Waals surface area contributed by atoms with Crippen LogP contribution in [-0.4, -0.2) is 18.0 Å². The van der Waals surface area contributed by atoms with Gasteiger partial charge in [0.2, 0.25) is 0 Å². The number of anilines is 1. The molecule has 0 aliphatic rings. The van der Waals surface area contributed by atoms with E-state index in [0.717, 1.165) is 16.5 Å². The molecule has 0 saturated heterocycles. The van der Waals surface area contributed by atoms with Crippen molar-refractivity contribution in [2.24, 2.45) is 0 Å². The summed E-state index contributed by atoms with van der Waals surface area (Å²) in [6.07, 6.45) is 1.72. The fourth-order valence-electron chi connectivity index (χ4n) is 2.48. The third kappa shape index (κ3) is 2.51. The van der Waals surface area contributed by atoms with Crippen LogP contribution in [0.2, 0.25) is 0 Å². The van der Waals surface area contributed by atoms with Crippen LogP contribution in [0.4, 0.5) is 5.69 Å². The van der Waals surface area contributed by atoms with Gasteiger partial charge in [0.05, 0.1) is 18.3 Å². The number of aromatic nitrogens is 1. The first-order valence-corrected chi connectivity index (χ1v) is 6.99. The number of methoxy groups -OCH3 is 1. The second-order valence-electron chi connectivity index (χ2n) is 4.97. The van der Waals surface area contributed by atoms with E-state index in [1.54, 1.807) is 19.4 Å². The van der Waals surface area contributed by atoms with E-state index in [1.807, 2.05) is 49.4 Å². The number of benzene rings is 2. The Labute approximate surface area is 128 Å². The van der Waals surface area contributed by atoms with Gasteiger partial charge >= 0.3 is 0 Å². The maximum absolute atomic E-state index is 12.6. The van der Waals surface area contributed by atoms with E-state index in [1.165, 1.54) is 0 Å². The molecule has 1 amide bonds. The van der Waals surface area contributed by atoms with Gasteiger partial charge in [-0.3, -0.25) is 9.78 Å². The van der Waals surface area contributed by atoms with Gasteiger partial charge in [-0.15, -0.1) is 0 Å². The van der Waals surface area contributed by atoms with Crippen LogP contribution < -0.4 is 10.1 Å². The predicted molar refractivity (Wildman–Crippen MR) is 87.4 cm³/mol. The molecule has 22 heavy (non-hydrogen) atoms. The maximum atomic E-state index is 12.6. The van der Waals surface area contributed by atoms with E-state index >= 15 is 0 Å². The van der Waals surface area contributed by atoms with E-state index in [4.69, 9.17) is 4.74 Å². The average Bonchev–Trinajstić information content (AvgIpc) is 2.55. The largest absolute Gasteiger partial charge is 0.496 e. The van der Waals surface area contributed by atoms with Crippen LogP contribution in [0.1, 0.15) is 15.9 Å². The third-order valence-corrected chi connectivity index (χ3v) is 3.63. The van der Waals surface area contributed by atoms with E-state index in [-0.39, 0.29) is 5.91 Å². The monoisotopic (exact) mass is 292 g/mol. The maximum Gasteiger partial charge on any atom is 0.256 e. The number of nitrogens with zero attached hydrogens (tertiary/aromatic N) is 1. The minimum atomic E-state index is -0.172. The Morgan fingerprint density at radius 3 is 2.68 bits per heavy atom. The number of ether oxygens (including phenoxy) is 1. The van der Waals surface area contributed by atoms with Gasteiger partial charge < -0.3 is 10.1 Å². The fourth-order valence-corrected chi connectivity index (χ4v) is 2.48. The zero-order chi connectivity index (χ0) is 15.5. The quantitative estimate of drug-likeness (QED) is 0.798. The van der Waals surface area contributed by atoms with Gasteiger partial charge in [0.15, 0.2) is 0 Å². The molecule has 0 aliphatic carbocycles. The Morgan fingerprint density at radius 1 is 1.09 bits per heavy atom. The van der Waals surface area contributed by atoms with Gasteiger partial charge in [0, 0.05) is 22.7 Å². The SMILES string of the molecule is COc1cccc(C(=O)Nc2cccc3cccnc23)c1C. The third-order valence-electron chi connectivity index (χ3n) is 3.63. The summed E-state index contributed by atoms with van der Waals surface area (Å²) in [6, 6.07) is 15.0. The molecule has 0 bridgehead atoms. The minimum Gasteiger partial charge on any atom is -0.496 e. The van der Waals surface area contributed by atoms with Crippen LogP contribution in [0.15, 0.2) is 54.7 Å². The highest BCUT2D eigenvalue weighted by Gasteiger charge is 2.13. The smallest absolute Gasteiger partial charge is 0.256 e. The van der Waals surface area contributed by atoms with Gasteiger partial charge in [-0.25, -0.2) is 0 Å². The first kappa shape index (κ1) is 14.1. The highest BCUT2D eigenvalue weighted by molar-refractivity contribution is 6.09. The van der Waals surface area contributed by atoms with Gasteiger partial charge in [-0.05, 0) is 31.2 Å². The number of rotatable bonds is 3. The molecule has 0 spiro atoms. The van der Waals surface area contributed by atoms with Crippen molar-refractivity contribution in [3.63, 3.8) is 0 Å². The lowest BCUT2D eigenvalue weighted by Crippen LogP contribution is -2.14. The molecular formula is C18H16N2O2. The molecule has 0 unspecified atom stereocenters. The molecule has 0 fully saturated rings. The van der Waals surface area contributed by atoms with Crippen LogP contribution in [0.5, 0.6) is 5.75 Å². The molecule has 2 aromatic carbocycles. The highest BCUT2D eigenvalue weighted by Crippen LogP contribution is 2.24. The number of nitrogens with one attached hydrogen (secondary N) is 1. The van der Waals surface area contributed by atoms with E-state index in [2.05, 4.69) is 10.3 Å². The number of carbonyl (C=O) groups excluding carboxylic acids is 1. The van der Waals surface area contributed by atoms with E-state index in [0.29, 0.717) is 17.0 Å². The molecule has 0 saturated carbocycles. The molecule has 0 aliphatic heterocycles. The number of carbonyl (C=O) groups is 1. The Hall–Kier alpha value is -2.88. The lowest BCUT2D eigenvalue weighted by atomic mass is 10.1. The molecule has 3 rings (SSSR count). The minimum absolute atomic E-state index is 0.172. The number of amides is 1. The first-order valence-electron chi connectivity index (χ1n) is 6.99. The number of para-hydroxylation sites is 1. The van der Waals surface area contributed by atoms with Gasteiger partial charge in [-0.1, -0.05) is 24.3 Å². The summed E-state index contributed by atoms with van der Waals surface area (Å²) in [5.41, 5.74) is 2.88.